The van der Waals surface area contributed by atoms with E-state index < -0.39 is 15.4 Å². The molecule has 1 rings (SSSR count). The smallest absolute Gasteiger partial charge is 0.153 e. The summed E-state index contributed by atoms with van der Waals surface area (Å²) in [6.45, 7) is 3.98. The summed E-state index contributed by atoms with van der Waals surface area (Å²) in [5, 5.41) is 9.82. The summed E-state index contributed by atoms with van der Waals surface area (Å²) in [5.41, 5.74) is -0.938. The maximum atomic E-state index is 11.1. The van der Waals surface area contributed by atoms with E-state index in [0.717, 1.165) is 0 Å². The molecule has 0 amide bonds. The minimum absolute atomic E-state index is 0.0435. The highest BCUT2D eigenvalue weighted by Crippen LogP contribution is 2.29. The third-order valence-corrected chi connectivity index (χ3v) is 3.96. The van der Waals surface area contributed by atoms with Crippen molar-refractivity contribution < 1.29 is 13.5 Å². The normalized spacial score (nSPS) is 34.3. The number of aliphatic hydroxyl groups is 1. The van der Waals surface area contributed by atoms with Gasteiger partial charge in [0.2, 0.25) is 0 Å². The van der Waals surface area contributed by atoms with Crippen LogP contribution in [0.1, 0.15) is 26.7 Å². The lowest BCUT2D eigenvalue weighted by molar-refractivity contribution is 0.0459. The van der Waals surface area contributed by atoms with Gasteiger partial charge in [-0.2, -0.15) is 0 Å². The second-order valence-electron chi connectivity index (χ2n) is 4.16. The Morgan fingerprint density at radius 2 is 2.08 bits per heavy atom. The highest BCUT2D eigenvalue weighted by molar-refractivity contribution is 7.91. The number of hydrogen-bond acceptors (Lipinski definition) is 3. The van der Waals surface area contributed by atoms with Gasteiger partial charge in [0.1, 0.15) is 0 Å². The molecule has 1 saturated heterocycles. The summed E-state index contributed by atoms with van der Waals surface area (Å²) in [7, 11) is -2.95. The first kappa shape index (κ1) is 9.99. The lowest BCUT2D eigenvalue weighted by Gasteiger charge is -2.22. The molecular formula is C8H16O3S. The average Bonchev–Trinajstić information content (AvgIpc) is 2.03. The molecule has 1 aliphatic rings. The van der Waals surface area contributed by atoms with Crippen LogP contribution in [0.25, 0.3) is 0 Å². The van der Waals surface area contributed by atoms with Crippen molar-refractivity contribution in [2.75, 3.05) is 11.5 Å². The predicted molar refractivity (Wildman–Crippen MR) is 47.7 cm³/mol. The van der Waals surface area contributed by atoms with Crippen molar-refractivity contribution in [2.45, 2.75) is 32.3 Å². The average molecular weight is 192 g/mol. The van der Waals surface area contributed by atoms with Gasteiger partial charge in [-0.05, 0) is 18.8 Å². The van der Waals surface area contributed by atoms with E-state index in [1.54, 1.807) is 0 Å². The number of hydrogen-bond donors (Lipinski definition) is 1. The van der Waals surface area contributed by atoms with Crippen LogP contribution in [0.5, 0.6) is 0 Å². The minimum Gasteiger partial charge on any atom is -0.389 e. The van der Waals surface area contributed by atoms with Gasteiger partial charge in [-0.3, -0.25) is 0 Å². The Morgan fingerprint density at radius 1 is 1.50 bits per heavy atom. The standard InChI is InChI=1S/C8H16O3S/c1-7(2)5-8(9)3-4-12(10,11)6-8/h7,9H,3-6H2,1-2H3. The molecule has 1 N–H and O–H groups in total. The topological polar surface area (TPSA) is 54.4 Å². The van der Waals surface area contributed by atoms with E-state index in [9.17, 15) is 13.5 Å². The molecule has 0 radical (unpaired) electrons. The van der Waals surface area contributed by atoms with Gasteiger partial charge in [-0.1, -0.05) is 13.8 Å². The molecule has 0 aromatic carbocycles. The third kappa shape index (κ3) is 2.45. The number of sulfone groups is 1. The van der Waals surface area contributed by atoms with Crippen LogP contribution in [0.15, 0.2) is 0 Å². The van der Waals surface area contributed by atoms with Crippen LogP contribution in [-0.2, 0) is 9.84 Å². The van der Waals surface area contributed by atoms with Gasteiger partial charge in [0.15, 0.2) is 9.84 Å². The summed E-state index contributed by atoms with van der Waals surface area (Å²) in [5.74, 6) is 0.456. The van der Waals surface area contributed by atoms with Gasteiger partial charge in [-0.15, -0.1) is 0 Å². The molecule has 1 atom stereocenters. The van der Waals surface area contributed by atoms with Gasteiger partial charge in [0, 0.05) is 0 Å². The van der Waals surface area contributed by atoms with E-state index in [1.165, 1.54) is 0 Å². The van der Waals surface area contributed by atoms with Crippen LogP contribution in [0, 0.1) is 5.92 Å². The summed E-state index contributed by atoms with van der Waals surface area (Å²) >= 11 is 0. The molecule has 1 heterocycles. The first-order valence-corrected chi connectivity index (χ1v) is 6.08. The van der Waals surface area contributed by atoms with Crippen molar-refractivity contribution in [1.82, 2.24) is 0 Å². The van der Waals surface area contributed by atoms with Crippen molar-refractivity contribution >= 4 is 9.84 Å². The van der Waals surface area contributed by atoms with E-state index in [4.69, 9.17) is 0 Å². The molecule has 0 saturated carbocycles. The monoisotopic (exact) mass is 192 g/mol. The highest BCUT2D eigenvalue weighted by atomic mass is 32.2. The Kier molecular flexibility index (Phi) is 2.50. The fourth-order valence-corrected chi connectivity index (χ4v) is 3.74. The Hall–Kier alpha value is -0.0900. The SMILES string of the molecule is CC(C)CC1(O)CCS(=O)(=O)C1. The number of rotatable bonds is 2. The minimum atomic E-state index is -2.95. The van der Waals surface area contributed by atoms with Gasteiger partial charge in [-0.25, -0.2) is 8.42 Å². The fraction of sp³-hybridized carbons (Fsp3) is 1.00. The van der Waals surface area contributed by atoms with Crippen LogP contribution >= 0.6 is 0 Å². The highest BCUT2D eigenvalue weighted by Gasteiger charge is 2.40. The second-order valence-corrected chi connectivity index (χ2v) is 6.35. The van der Waals surface area contributed by atoms with Crippen molar-refractivity contribution in [1.29, 1.82) is 0 Å². The van der Waals surface area contributed by atoms with Gasteiger partial charge in [0.25, 0.3) is 0 Å². The molecule has 3 nitrogen and oxygen atoms in total. The molecular weight excluding hydrogens is 176 g/mol. The van der Waals surface area contributed by atoms with Crippen LogP contribution in [0.2, 0.25) is 0 Å². The van der Waals surface area contributed by atoms with Gasteiger partial charge in [0.05, 0.1) is 17.1 Å². The summed E-state index contributed by atoms with van der Waals surface area (Å²) in [4.78, 5) is 0. The first-order chi connectivity index (χ1) is 5.33. The van der Waals surface area contributed by atoms with Gasteiger partial charge >= 0.3 is 0 Å². The van der Waals surface area contributed by atoms with Gasteiger partial charge < -0.3 is 5.11 Å². The molecule has 72 valence electrons. The zero-order valence-corrected chi connectivity index (χ0v) is 8.39. The lowest BCUT2D eigenvalue weighted by atomic mass is 9.92. The summed E-state index contributed by atoms with van der Waals surface area (Å²) < 4.78 is 22.1. The molecule has 0 spiro atoms. The fourth-order valence-electron chi connectivity index (χ4n) is 1.82. The quantitative estimate of drug-likeness (QED) is 0.696. The van der Waals surface area contributed by atoms with Crippen molar-refractivity contribution in [3.05, 3.63) is 0 Å². The Morgan fingerprint density at radius 3 is 2.42 bits per heavy atom. The predicted octanol–water partition coefficient (Wildman–Crippen LogP) is 0.582. The van der Waals surface area contributed by atoms with Crippen LogP contribution in [0.3, 0.4) is 0 Å². The first-order valence-electron chi connectivity index (χ1n) is 4.26. The van der Waals surface area contributed by atoms with Crippen molar-refractivity contribution in [2.24, 2.45) is 5.92 Å². The molecule has 1 fully saturated rings. The Labute approximate surface area is 73.7 Å². The Balaban J connectivity index is 2.65. The van der Waals surface area contributed by atoms with Crippen LogP contribution < -0.4 is 0 Å². The zero-order chi connectivity index (χ0) is 9.41. The molecule has 0 aliphatic carbocycles. The largest absolute Gasteiger partial charge is 0.389 e. The summed E-state index contributed by atoms with van der Waals surface area (Å²) in [6, 6.07) is 0. The van der Waals surface area contributed by atoms with E-state index in [2.05, 4.69) is 0 Å². The molecule has 0 aromatic rings. The van der Waals surface area contributed by atoms with Crippen LogP contribution in [0.4, 0.5) is 0 Å². The molecule has 1 unspecified atom stereocenters. The Bertz CT molecular complexity index is 255. The maximum Gasteiger partial charge on any atom is 0.153 e. The second kappa shape index (κ2) is 3.00. The third-order valence-electron chi connectivity index (χ3n) is 2.16. The molecule has 0 aromatic heterocycles. The van der Waals surface area contributed by atoms with E-state index in [-0.39, 0.29) is 11.5 Å². The lowest BCUT2D eigenvalue weighted by Crippen LogP contribution is -2.31. The zero-order valence-electron chi connectivity index (χ0n) is 7.58. The molecule has 4 heteroatoms. The summed E-state index contributed by atoms with van der Waals surface area (Å²) in [6.07, 6.45) is 1.000. The van der Waals surface area contributed by atoms with E-state index >= 15 is 0 Å². The van der Waals surface area contributed by atoms with Crippen molar-refractivity contribution in [3.8, 4) is 0 Å². The molecule has 1 aliphatic heterocycles. The maximum absolute atomic E-state index is 11.1. The van der Waals surface area contributed by atoms with E-state index in [1.807, 2.05) is 13.8 Å². The van der Waals surface area contributed by atoms with E-state index in [0.29, 0.717) is 18.8 Å². The molecule has 0 bridgehead atoms. The molecule has 12 heavy (non-hydrogen) atoms. The van der Waals surface area contributed by atoms with Crippen molar-refractivity contribution in [3.63, 3.8) is 0 Å². The van der Waals surface area contributed by atoms with Crippen LogP contribution in [-0.4, -0.2) is 30.6 Å².